The van der Waals surface area contributed by atoms with E-state index in [1.54, 1.807) is 29.2 Å². The minimum absolute atomic E-state index is 0.000642. The molecule has 1 aliphatic heterocycles. The van der Waals surface area contributed by atoms with Gasteiger partial charge < -0.3 is 24.3 Å². The van der Waals surface area contributed by atoms with Gasteiger partial charge in [0.05, 0.1) is 11.9 Å². The van der Waals surface area contributed by atoms with Gasteiger partial charge in [-0.2, -0.15) is 0 Å². The minimum atomic E-state index is -0.402. The highest BCUT2D eigenvalue weighted by molar-refractivity contribution is 6.04. The summed E-state index contributed by atoms with van der Waals surface area (Å²) in [6, 6.07) is 12.5. The quantitative estimate of drug-likeness (QED) is 0.393. The molecular weight excluding hydrogens is 436 g/mol. The van der Waals surface area contributed by atoms with Crippen molar-refractivity contribution >= 4 is 33.6 Å². The minimum Gasteiger partial charge on any atom is -0.484 e. The van der Waals surface area contributed by atoms with Crippen molar-refractivity contribution in [3.05, 3.63) is 52.9 Å². The van der Waals surface area contributed by atoms with E-state index in [-0.39, 0.29) is 18.4 Å². The lowest BCUT2D eigenvalue weighted by molar-refractivity contribution is -0.135. The molecule has 1 fully saturated rings. The Hall–Kier alpha value is -3.43. The first-order valence-corrected chi connectivity index (χ1v) is 11.4. The molecule has 0 saturated carbocycles. The third-order valence-corrected chi connectivity index (χ3v) is 5.93. The Morgan fingerprint density at radius 1 is 1.03 bits per heavy atom. The molecule has 0 spiro atoms. The van der Waals surface area contributed by atoms with E-state index < -0.39 is 5.63 Å². The Morgan fingerprint density at radius 2 is 1.76 bits per heavy atom. The molecule has 1 N–H and O–H groups in total. The maximum Gasteiger partial charge on any atom is 0.344 e. The number of benzene rings is 2. The number of piperazine rings is 1. The topological polar surface area (TPSA) is 95.3 Å². The number of nitrogens with zero attached hydrogens (tertiary/aromatic N) is 3. The van der Waals surface area contributed by atoms with Crippen LogP contribution < -0.4 is 15.7 Å². The van der Waals surface area contributed by atoms with Crippen LogP contribution in [0.2, 0.25) is 0 Å². The monoisotopic (exact) mass is 466 g/mol. The SMILES string of the molecule is CN(C)CCNC(=O)CN1CCN(C(=O)COc2ccc3c(c2)oc(=O)c2ccccc23)CC1. The molecule has 3 aromatic rings. The lowest BCUT2D eigenvalue weighted by atomic mass is 10.1. The zero-order valence-corrected chi connectivity index (χ0v) is 19.6. The predicted octanol–water partition coefficient (Wildman–Crippen LogP) is 1.15. The lowest BCUT2D eigenvalue weighted by Crippen LogP contribution is -2.52. The van der Waals surface area contributed by atoms with Gasteiger partial charge in [-0.25, -0.2) is 4.79 Å². The Labute approximate surface area is 197 Å². The van der Waals surface area contributed by atoms with Gasteiger partial charge in [-0.3, -0.25) is 14.5 Å². The number of carbonyl (C=O) groups is 2. The van der Waals surface area contributed by atoms with Crippen LogP contribution in [0.15, 0.2) is 51.7 Å². The summed E-state index contributed by atoms with van der Waals surface area (Å²) in [6.45, 7) is 4.03. The van der Waals surface area contributed by atoms with Crippen molar-refractivity contribution in [3.63, 3.8) is 0 Å². The third-order valence-electron chi connectivity index (χ3n) is 5.93. The van der Waals surface area contributed by atoms with Crippen LogP contribution in [-0.4, -0.2) is 93.0 Å². The van der Waals surface area contributed by atoms with Crippen LogP contribution in [0.3, 0.4) is 0 Å². The number of hydrogen-bond acceptors (Lipinski definition) is 7. The van der Waals surface area contributed by atoms with Crippen LogP contribution in [0.25, 0.3) is 21.7 Å². The van der Waals surface area contributed by atoms with E-state index in [1.165, 1.54) is 0 Å². The summed E-state index contributed by atoms with van der Waals surface area (Å²) in [5, 5.41) is 5.08. The molecule has 0 bridgehead atoms. The summed E-state index contributed by atoms with van der Waals surface area (Å²) in [5.74, 6) is 0.350. The summed E-state index contributed by atoms with van der Waals surface area (Å²) in [6.07, 6.45) is 0. The Kier molecular flexibility index (Phi) is 7.44. The summed E-state index contributed by atoms with van der Waals surface area (Å²) >= 11 is 0. The van der Waals surface area contributed by atoms with Gasteiger partial charge in [0.1, 0.15) is 11.3 Å². The summed E-state index contributed by atoms with van der Waals surface area (Å²) < 4.78 is 11.1. The highest BCUT2D eigenvalue weighted by Crippen LogP contribution is 2.26. The molecule has 9 heteroatoms. The summed E-state index contributed by atoms with van der Waals surface area (Å²) in [7, 11) is 3.93. The van der Waals surface area contributed by atoms with Crippen molar-refractivity contribution in [1.82, 2.24) is 20.0 Å². The molecule has 0 radical (unpaired) electrons. The maximum atomic E-state index is 12.6. The first kappa shape index (κ1) is 23.7. The second kappa shape index (κ2) is 10.7. The molecule has 0 aliphatic carbocycles. The van der Waals surface area contributed by atoms with Gasteiger partial charge in [-0.15, -0.1) is 0 Å². The number of fused-ring (bicyclic) bond motifs is 3. The second-order valence-electron chi connectivity index (χ2n) is 8.69. The Balaban J connectivity index is 1.28. The van der Waals surface area contributed by atoms with E-state index in [0.29, 0.717) is 56.0 Å². The van der Waals surface area contributed by atoms with E-state index in [9.17, 15) is 14.4 Å². The molecule has 9 nitrogen and oxygen atoms in total. The fraction of sp³-hybridized carbons (Fsp3) is 0.400. The van der Waals surface area contributed by atoms with Crippen molar-refractivity contribution < 1.29 is 18.7 Å². The van der Waals surface area contributed by atoms with Crippen molar-refractivity contribution in [2.75, 3.05) is 66.5 Å². The van der Waals surface area contributed by atoms with E-state index in [4.69, 9.17) is 9.15 Å². The van der Waals surface area contributed by atoms with E-state index in [2.05, 4.69) is 5.32 Å². The number of hydrogen-bond donors (Lipinski definition) is 1. The van der Waals surface area contributed by atoms with Crippen LogP contribution in [-0.2, 0) is 9.59 Å². The van der Waals surface area contributed by atoms with E-state index in [0.717, 1.165) is 17.3 Å². The number of rotatable bonds is 8. The largest absolute Gasteiger partial charge is 0.484 e. The van der Waals surface area contributed by atoms with Gasteiger partial charge in [0.2, 0.25) is 5.91 Å². The normalized spacial score (nSPS) is 14.6. The number of likely N-dealkylation sites (N-methyl/N-ethyl adjacent to an activating group) is 1. The van der Waals surface area contributed by atoms with Crippen molar-refractivity contribution in [3.8, 4) is 5.75 Å². The molecule has 1 saturated heterocycles. The van der Waals surface area contributed by atoms with E-state index in [1.807, 2.05) is 42.1 Å². The van der Waals surface area contributed by atoms with Gasteiger partial charge in [-0.05, 0) is 37.7 Å². The zero-order chi connectivity index (χ0) is 24.1. The second-order valence-corrected chi connectivity index (χ2v) is 8.69. The predicted molar refractivity (Wildman–Crippen MR) is 130 cm³/mol. The fourth-order valence-corrected chi connectivity index (χ4v) is 4.02. The molecule has 4 rings (SSSR count). The maximum absolute atomic E-state index is 12.6. The first-order valence-electron chi connectivity index (χ1n) is 11.4. The first-order chi connectivity index (χ1) is 16.4. The van der Waals surface area contributed by atoms with E-state index >= 15 is 0 Å². The van der Waals surface area contributed by atoms with Crippen LogP contribution >= 0.6 is 0 Å². The number of ether oxygens (including phenoxy) is 1. The van der Waals surface area contributed by atoms with Crippen molar-refractivity contribution in [2.24, 2.45) is 0 Å². The molecule has 1 aromatic heterocycles. The molecule has 34 heavy (non-hydrogen) atoms. The standard InChI is InChI=1S/C25H30N4O5/c1-27(2)10-9-26-23(30)16-28-11-13-29(14-12-28)24(31)17-33-18-7-8-20-19-5-3-4-6-21(19)25(32)34-22(20)15-18/h3-8,15H,9-14,16-17H2,1-2H3,(H,26,30). The van der Waals surface area contributed by atoms with Crippen molar-refractivity contribution in [2.45, 2.75) is 0 Å². The summed E-state index contributed by atoms with van der Waals surface area (Å²) in [4.78, 5) is 42.7. The lowest BCUT2D eigenvalue weighted by Gasteiger charge is -2.34. The van der Waals surface area contributed by atoms with Gasteiger partial charge in [0, 0.05) is 50.7 Å². The molecular formula is C25H30N4O5. The van der Waals surface area contributed by atoms with Crippen LogP contribution in [0.5, 0.6) is 5.75 Å². The summed E-state index contributed by atoms with van der Waals surface area (Å²) in [5.41, 5.74) is 0.0201. The molecule has 2 aromatic carbocycles. The molecule has 0 atom stereocenters. The molecule has 180 valence electrons. The molecule has 2 heterocycles. The molecule has 0 unspecified atom stereocenters. The third kappa shape index (κ3) is 5.73. The fourth-order valence-electron chi connectivity index (χ4n) is 4.02. The van der Waals surface area contributed by atoms with Gasteiger partial charge >= 0.3 is 5.63 Å². The van der Waals surface area contributed by atoms with Crippen LogP contribution in [0, 0.1) is 0 Å². The highest BCUT2D eigenvalue weighted by Gasteiger charge is 2.22. The molecule has 1 aliphatic rings. The van der Waals surface area contributed by atoms with Crippen LogP contribution in [0.4, 0.5) is 0 Å². The number of amides is 2. The van der Waals surface area contributed by atoms with Gasteiger partial charge in [0.15, 0.2) is 6.61 Å². The zero-order valence-electron chi connectivity index (χ0n) is 19.6. The highest BCUT2D eigenvalue weighted by atomic mass is 16.5. The Bertz CT molecular complexity index is 1230. The van der Waals surface area contributed by atoms with Crippen LogP contribution in [0.1, 0.15) is 0 Å². The average Bonchev–Trinajstić information content (AvgIpc) is 2.83. The average molecular weight is 467 g/mol. The number of nitrogens with one attached hydrogen (secondary N) is 1. The Morgan fingerprint density at radius 3 is 2.50 bits per heavy atom. The van der Waals surface area contributed by atoms with Gasteiger partial charge in [0.25, 0.3) is 5.91 Å². The smallest absolute Gasteiger partial charge is 0.344 e. The molecule has 2 amide bonds. The van der Waals surface area contributed by atoms with Gasteiger partial charge in [-0.1, -0.05) is 18.2 Å². The number of carbonyl (C=O) groups excluding carboxylic acids is 2. The van der Waals surface area contributed by atoms with Crippen molar-refractivity contribution in [1.29, 1.82) is 0 Å².